The van der Waals surface area contributed by atoms with E-state index in [2.05, 4.69) is 20.1 Å². The van der Waals surface area contributed by atoms with Gasteiger partial charge in [-0.1, -0.05) is 41.6 Å². The van der Waals surface area contributed by atoms with Crippen LogP contribution >= 0.6 is 0 Å². The highest BCUT2D eigenvalue weighted by atomic mass is 16.6. The Morgan fingerprint density at radius 1 is 0.857 bits per heavy atom. The van der Waals surface area contributed by atoms with Crippen molar-refractivity contribution in [3.05, 3.63) is 72.2 Å². The molecule has 0 fully saturated rings. The van der Waals surface area contributed by atoms with E-state index in [0.29, 0.717) is 23.9 Å². The molecule has 4 N–H and O–H groups in total. The van der Waals surface area contributed by atoms with E-state index in [-0.39, 0.29) is 0 Å². The van der Waals surface area contributed by atoms with Crippen LogP contribution in [0.5, 0.6) is 0 Å². The van der Waals surface area contributed by atoms with E-state index in [0.717, 1.165) is 27.9 Å². The molecule has 2 aromatic heterocycles. The minimum absolute atomic E-state index is 0.331. The fraction of sp³-hybridized carbons (Fsp3) is 0.143. The maximum atomic E-state index is 5.88. The highest BCUT2D eigenvalue weighted by Crippen LogP contribution is 2.22. The lowest BCUT2D eigenvalue weighted by atomic mass is 10.1. The Labute approximate surface area is 163 Å². The van der Waals surface area contributed by atoms with Crippen LogP contribution in [0.3, 0.4) is 0 Å². The number of rotatable bonds is 6. The molecule has 0 aliphatic heterocycles. The standard InChI is InChI=1S/C21H22N6O/c1-3-24-21(23)19-11-9-17(13-26-19)16-8-10-18(25-12-16)14-4-6-15(7-5-14)20(22)27-28-2/h4-13H,3H2,1-2H3,(H2,22,27)(H2,23,24). The average molecular weight is 374 g/mol. The minimum atomic E-state index is 0.331. The van der Waals surface area contributed by atoms with Crippen molar-refractivity contribution >= 4 is 11.7 Å². The molecular weight excluding hydrogens is 352 g/mol. The van der Waals surface area contributed by atoms with E-state index < -0.39 is 0 Å². The third kappa shape index (κ3) is 4.32. The lowest BCUT2D eigenvalue weighted by Gasteiger charge is -2.06. The number of pyridine rings is 2. The monoisotopic (exact) mass is 374 g/mol. The zero-order chi connectivity index (χ0) is 19.9. The Morgan fingerprint density at radius 3 is 2.04 bits per heavy atom. The number of nitrogens with two attached hydrogens (primary N) is 2. The molecule has 2 heterocycles. The van der Waals surface area contributed by atoms with Crippen LogP contribution in [0.15, 0.2) is 71.1 Å². The van der Waals surface area contributed by atoms with Crippen LogP contribution in [0, 0.1) is 0 Å². The maximum Gasteiger partial charge on any atom is 0.170 e. The highest BCUT2D eigenvalue weighted by Gasteiger charge is 2.05. The van der Waals surface area contributed by atoms with Crippen molar-refractivity contribution in [3.63, 3.8) is 0 Å². The molecule has 3 aromatic rings. The second kappa shape index (κ2) is 8.77. The Hall–Kier alpha value is -3.74. The predicted molar refractivity (Wildman–Crippen MR) is 112 cm³/mol. The summed E-state index contributed by atoms with van der Waals surface area (Å²) in [6.07, 6.45) is 3.60. The van der Waals surface area contributed by atoms with Gasteiger partial charge in [0, 0.05) is 41.2 Å². The van der Waals surface area contributed by atoms with Gasteiger partial charge in [0.05, 0.1) is 5.69 Å². The summed E-state index contributed by atoms with van der Waals surface area (Å²) in [5, 5.41) is 3.73. The van der Waals surface area contributed by atoms with Crippen molar-refractivity contribution in [1.82, 2.24) is 9.97 Å². The Bertz CT molecular complexity index is 894. The molecule has 0 aliphatic rings. The zero-order valence-corrected chi connectivity index (χ0v) is 15.8. The SMILES string of the molecule is CC/N=C(\N)c1ccc(-c2ccc(-c3ccc(/C(N)=N/OC)cc3)nc2)cn1. The van der Waals surface area contributed by atoms with Crippen LogP contribution in [0.25, 0.3) is 22.4 Å². The fourth-order valence-electron chi connectivity index (χ4n) is 2.67. The molecule has 3 rings (SSSR count). The molecule has 0 saturated carbocycles. The molecule has 142 valence electrons. The summed E-state index contributed by atoms with van der Waals surface area (Å²) in [6.45, 7) is 2.57. The van der Waals surface area contributed by atoms with Gasteiger partial charge in [0.25, 0.3) is 0 Å². The normalized spacial score (nSPS) is 12.1. The number of hydrogen-bond acceptors (Lipinski definition) is 5. The molecule has 28 heavy (non-hydrogen) atoms. The number of aliphatic imine (C=N–C) groups is 1. The van der Waals surface area contributed by atoms with Gasteiger partial charge in [-0.2, -0.15) is 0 Å². The van der Waals surface area contributed by atoms with Gasteiger partial charge in [-0.3, -0.25) is 15.0 Å². The Morgan fingerprint density at radius 2 is 1.50 bits per heavy atom. The predicted octanol–water partition coefficient (Wildman–Crippen LogP) is 2.80. The Balaban J connectivity index is 1.78. The van der Waals surface area contributed by atoms with Gasteiger partial charge in [0.2, 0.25) is 0 Å². The summed E-state index contributed by atoms with van der Waals surface area (Å²) in [6, 6.07) is 15.5. The van der Waals surface area contributed by atoms with Crippen LogP contribution in [-0.2, 0) is 4.84 Å². The number of amidine groups is 2. The zero-order valence-electron chi connectivity index (χ0n) is 15.8. The topological polar surface area (TPSA) is 112 Å². The Kier molecular flexibility index (Phi) is 5.96. The van der Waals surface area contributed by atoms with Gasteiger partial charge in [-0.05, 0) is 19.1 Å². The van der Waals surface area contributed by atoms with Crippen LogP contribution in [0.1, 0.15) is 18.2 Å². The molecule has 0 spiro atoms. The molecule has 0 aliphatic carbocycles. The van der Waals surface area contributed by atoms with E-state index in [1.165, 1.54) is 7.11 Å². The largest absolute Gasteiger partial charge is 0.397 e. The molecule has 1 aromatic carbocycles. The molecule has 7 heteroatoms. The van der Waals surface area contributed by atoms with Gasteiger partial charge in [0.1, 0.15) is 18.6 Å². The van der Waals surface area contributed by atoms with E-state index in [4.69, 9.17) is 16.3 Å². The summed E-state index contributed by atoms with van der Waals surface area (Å²) < 4.78 is 0. The van der Waals surface area contributed by atoms with Crippen LogP contribution in [-0.4, -0.2) is 35.3 Å². The van der Waals surface area contributed by atoms with Crippen molar-refractivity contribution in [3.8, 4) is 22.4 Å². The number of oxime groups is 1. The van der Waals surface area contributed by atoms with Gasteiger partial charge in [-0.15, -0.1) is 0 Å². The summed E-state index contributed by atoms with van der Waals surface area (Å²) in [5.74, 6) is 0.778. The second-order valence-corrected chi connectivity index (χ2v) is 5.96. The molecule has 0 radical (unpaired) electrons. The lowest BCUT2D eigenvalue weighted by molar-refractivity contribution is 0.213. The van der Waals surface area contributed by atoms with Crippen LogP contribution < -0.4 is 11.5 Å². The maximum absolute atomic E-state index is 5.88. The quantitative estimate of drug-likeness (QED) is 0.391. The molecule has 0 atom stereocenters. The van der Waals surface area contributed by atoms with Crippen molar-refractivity contribution in [2.75, 3.05) is 13.7 Å². The molecule has 0 saturated heterocycles. The molecule has 7 nitrogen and oxygen atoms in total. The fourth-order valence-corrected chi connectivity index (χ4v) is 2.67. The van der Waals surface area contributed by atoms with E-state index >= 15 is 0 Å². The van der Waals surface area contributed by atoms with Crippen molar-refractivity contribution in [2.45, 2.75) is 6.92 Å². The van der Waals surface area contributed by atoms with Crippen LogP contribution in [0.4, 0.5) is 0 Å². The summed E-state index contributed by atoms with van der Waals surface area (Å²) in [7, 11) is 1.46. The first-order valence-corrected chi connectivity index (χ1v) is 8.82. The van der Waals surface area contributed by atoms with E-state index in [1.807, 2.05) is 61.7 Å². The third-order valence-electron chi connectivity index (χ3n) is 4.12. The van der Waals surface area contributed by atoms with Crippen molar-refractivity contribution < 1.29 is 4.84 Å². The smallest absolute Gasteiger partial charge is 0.170 e. The summed E-state index contributed by atoms with van der Waals surface area (Å²) in [5.41, 5.74) is 16.9. The number of hydrogen-bond donors (Lipinski definition) is 2. The first kappa shape index (κ1) is 19.0. The first-order valence-electron chi connectivity index (χ1n) is 8.82. The van der Waals surface area contributed by atoms with E-state index in [1.54, 1.807) is 6.20 Å². The third-order valence-corrected chi connectivity index (χ3v) is 4.12. The number of nitrogens with zero attached hydrogens (tertiary/aromatic N) is 4. The molecule has 0 amide bonds. The van der Waals surface area contributed by atoms with Crippen LogP contribution in [0.2, 0.25) is 0 Å². The average Bonchev–Trinajstić information content (AvgIpc) is 2.74. The second-order valence-electron chi connectivity index (χ2n) is 5.96. The summed E-state index contributed by atoms with van der Waals surface area (Å²) in [4.78, 5) is 17.8. The lowest BCUT2D eigenvalue weighted by Crippen LogP contribution is -2.15. The summed E-state index contributed by atoms with van der Waals surface area (Å²) >= 11 is 0. The van der Waals surface area contributed by atoms with Crippen molar-refractivity contribution in [1.29, 1.82) is 0 Å². The van der Waals surface area contributed by atoms with Gasteiger partial charge in [-0.25, -0.2) is 0 Å². The number of benzene rings is 1. The van der Waals surface area contributed by atoms with Crippen molar-refractivity contribution in [2.24, 2.45) is 21.6 Å². The first-order chi connectivity index (χ1) is 13.6. The number of aromatic nitrogens is 2. The molecular formula is C21H22N6O. The van der Waals surface area contributed by atoms with Gasteiger partial charge in [0.15, 0.2) is 5.84 Å². The minimum Gasteiger partial charge on any atom is -0.397 e. The van der Waals surface area contributed by atoms with Gasteiger partial charge < -0.3 is 16.3 Å². The molecule has 0 bridgehead atoms. The molecule has 0 unspecified atom stereocenters. The van der Waals surface area contributed by atoms with E-state index in [9.17, 15) is 0 Å². The van der Waals surface area contributed by atoms with Gasteiger partial charge >= 0.3 is 0 Å². The highest BCUT2D eigenvalue weighted by molar-refractivity contribution is 5.97.